The molecule has 0 spiro atoms. The van der Waals surface area contributed by atoms with Gasteiger partial charge < -0.3 is 10.6 Å². The van der Waals surface area contributed by atoms with Crippen molar-refractivity contribution in [3.05, 3.63) is 59.2 Å². The molecule has 0 radical (unpaired) electrons. The fraction of sp³-hybridized carbons (Fsp3) is 0.238. The molecule has 30 heavy (non-hydrogen) atoms. The van der Waals surface area contributed by atoms with Crippen molar-refractivity contribution in [3.63, 3.8) is 0 Å². The summed E-state index contributed by atoms with van der Waals surface area (Å²) in [6, 6.07) is 9.83. The Kier molecular flexibility index (Phi) is 5.51. The number of aryl methyl sites for hydroxylation is 2. The summed E-state index contributed by atoms with van der Waals surface area (Å²) in [6.07, 6.45) is 2.42. The van der Waals surface area contributed by atoms with Gasteiger partial charge in [0.2, 0.25) is 11.3 Å². The zero-order valence-electron chi connectivity index (χ0n) is 16.5. The van der Waals surface area contributed by atoms with E-state index in [1.807, 2.05) is 26.0 Å². The smallest absolute Gasteiger partial charge is 0.245 e. The lowest BCUT2D eigenvalue weighted by atomic mass is 10.1. The van der Waals surface area contributed by atoms with Crippen LogP contribution in [0.1, 0.15) is 31.4 Å². The predicted molar refractivity (Wildman–Crippen MR) is 110 cm³/mol. The van der Waals surface area contributed by atoms with Crippen LogP contribution in [-0.4, -0.2) is 20.3 Å². The van der Waals surface area contributed by atoms with E-state index < -0.39 is 11.6 Å². The molecule has 154 valence electrons. The standard InChI is InChI=1S/C21H20F2N6O/c1-3-5-13-7-9-17(15(23)11-13)25-19-18(26-20-21(27-19)29-30-28-20)24-16-8-6-12(4-2)10-14(16)22/h6-11H,3-5H2,1-2H3,(H,24,26,28)(H,25,27,29). The molecule has 0 fully saturated rings. The fourth-order valence-corrected chi connectivity index (χ4v) is 3.05. The second-order valence-corrected chi connectivity index (χ2v) is 6.81. The zero-order chi connectivity index (χ0) is 21.1. The van der Waals surface area contributed by atoms with E-state index in [0.29, 0.717) is 6.42 Å². The van der Waals surface area contributed by atoms with Crippen molar-refractivity contribution in [1.29, 1.82) is 0 Å². The third kappa shape index (κ3) is 4.05. The lowest BCUT2D eigenvalue weighted by molar-refractivity contribution is 0.314. The first-order valence-corrected chi connectivity index (χ1v) is 9.68. The SMILES string of the molecule is CCCc1ccc(Nc2nc3nonc3nc2Nc2ccc(CC)cc2F)c(F)c1. The molecule has 0 unspecified atom stereocenters. The molecule has 4 rings (SSSR count). The van der Waals surface area contributed by atoms with Crippen LogP contribution in [0, 0.1) is 11.6 Å². The van der Waals surface area contributed by atoms with Crippen molar-refractivity contribution in [2.45, 2.75) is 33.1 Å². The number of halogens is 2. The van der Waals surface area contributed by atoms with E-state index in [9.17, 15) is 8.78 Å². The highest BCUT2D eigenvalue weighted by Crippen LogP contribution is 2.29. The van der Waals surface area contributed by atoms with Gasteiger partial charge in [-0.25, -0.2) is 23.4 Å². The fourth-order valence-electron chi connectivity index (χ4n) is 3.05. The number of hydrogen-bond donors (Lipinski definition) is 2. The Morgan fingerprint density at radius 2 is 1.33 bits per heavy atom. The summed E-state index contributed by atoms with van der Waals surface area (Å²) in [5, 5.41) is 13.2. The molecule has 2 heterocycles. The van der Waals surface area contributed by atoms with Gasteiger partial charge in [-0.1, -0.05) is 32.4 Å². The van der Waals surface area contributed by atoms with Crippen LogP contribution in [0.25, 0.3) is 11.3 Å². The summed E-state index contributed by atoms with van der Waals surface area (Å²) in [7, 11) is 0. The molecule has 2 aromatic carbocycles. The molecular formula is C21H20F2N6O. The molecule has 0 amide bonds. The highest BCUT2D eigenvalue weighted by Gasteiger charge is 2.16. The van der Waals surface area contributed by atoms with Gasteiger partial charge in [-0.2, -0.15) is 0 Å². The van der Waals surface area contributed by atoms with Gasteiger partial charge in [-0.15, -0.1) is 0 Å². The lowest BCUT2D eigenvalue weighted by Gasteiger charge is -2.13. The van der Waals surface area contributed by atoms with Gasteiger partial charge in [-0.05, 0) is 58.5 Å². The van der Waals surface area contributed by atoms with E-state index >= 15 is 0 Å². The average Bonchev–Trinajstić information content (AvgIpc) is 3.19. The van der Waals surface area contributed by atoms with E-state index in [-0.39, 0.29) is 34.3 Å². The number of nitrogens with one attached hydrogen (secondary N) is 2. The lowest BCUT2D eigenvalue weighted by Crippen LogP contribution is -2.05. The average molecular weight is 410 g/mol. The van der Waals surface area contributed by atoms with Gasteiger partial charge in [-0.3, -0.25) is 0 Å². The van der Waals surface area contributed by atoms with Crippen LogP contribution >= 0.6 is 0 Å². The van der Waals surface area contributed by atoms with E-state index in [1.165, 1.54) is 12.1 Å². The minimum absolute atomic E-state index is 0.146. The Bertz CT molecular complexity index is 1190. The zero-order valence-corrected chi connectivity index (χ0v) is 16.5. The summed E-state index contributed by atoms with van der Waals surface area (Å²) < 4.78 is 33.7. The van der Waals surface area contributed by atoms with Gasteiger partial charge in [0.25, 0.3) is 0 Å². The summed E-state index contributed by atoms with van der Waals surface area (Å²) in [4.78, 5) is 8.59. The Hall–Kier alpha value is -3.62. The molecule has 4 aromatic rings. The van der Waals surface area contributed by atoms with Crippen LogP contribution in [0.4, 0.5) is 31.8 Å². The van der Waals surface area contributed by atoms with Crippen LogP contribution in [0.3, 0.4) is 0 Å². The molecular weight excluding hydrogens is 390 g/mol. The van der Waals surface area contributed by atoms with Crippen molar-refractivity contribution >= 4 is 34.3 Å². The van der Waals surface area contributed by atoms with Gasteiger partial charge in [0, 0.05) is 0 Å². The first kappa shape index (κ1) is 19.7. The maximum atomic E-state index is 14.6. The Morgan fingerprint density at radius 3 is 1.83 bits per heavy atom. The summed E-state index contributed by atoms with van der Waals surface area (Å²) >= 11 is 0. The molecule has 0 aliphatic rings. The third-order valence-corrected chi connectivity index (χ3v) is 4.63. The second-order valence-electron chi connectivity index (χ2n) is 6.81. The van der Waals surface area contributed by atoms with Crippen LogP contribution in [0.5, 0.6) is 0 Å². The first-order valence-electron chi connectivity index (χ1n) is 9.68. The van der Waals surface area contributed by atoms with E-state index in [0.717, 1.165) is 24.0 Å². The molecule has 9 heteroatoms. The van der Waals surface area contributed by atoms with Gasteiger partial charge >= 0.3 is 0 Å². The van der Waals surface area contributed by atoms with E-state index in [1.54, 1.807) is 12.1 Å². The number of aromatic nitrogens is 4. The normalized spacial score (nSPS) is 11.1. The maximum absolute atomic E-state index is 14.6. The minimum atomic E-state index is -0.435. The molecule has 2 aromatic heterocycles. The third-order valence-electron chi connectivity index (χ3n) is 4.63. The van der Waals surface area contributed by atoms with Crippen molar-refractivity contribution in [3.8, 4) is 0 Å². The highest BCUT2D eigenvalue weighted by atomic mass is 19.1. The molecule has 0 atom stereocenters. The summed E-state index contributed by atoms with van der Waals surface area (Å²) in [6.45, 7) is 3.98. The molecule has 0 bridgehead atoms. The van der Waals surface area contributed by atoms with Crippen molar-refractivity contribution in [2.75, 3.05) is 10.6 Å². The summed E-state index contributed by atoms with van der Waals surface area (Å²) in [5.74, 6) is -0.529. The van der Waals surface area contributed by atoms with Crippen LogP contribution in [0.15, 0.2) is 41.0 Å². The number of rotatable bonds is 7. The van der Waals surface area contributed by atoms with Gasteiger partial charge in [0.05, 0.1) is 11.4 Å². The number of fused-ring (bicyclic) bond motifs is 1. The highest BCUT2D eigenvalue weighted by molar-refractivity contribution is 5.79. The molecule has 2 N–H and O–H groups in total. The Balaban J connectivity index is 1.70. The van der Waals surface area contributed by atoms with Crippen LogP contribution < -0.4 is 10.6 Å². The minimum Gasteiger partial charge on any atom is -0.335 e. The first-order chi connectivity index (χ1) is 14.6. The largest absolute Gasteiger partial charge is 0.335 e. The molecule has 0 aliphatic heterocycles. The number of nitrogens with zero attached hydrogens (tertiary/aromatic N) is 4. The van der Waals surface area contributed by atoms with Gasteiger partial charge in [0.15, 0.2) is 11.6 Å². The number of benzene rings is 2. The number of hydrogen-bond acceptors (Lipinski definition) is 7. The van der Waals surface area contributed by atoms with Crippen LogP contribution in [-0.2, 0) is 12.8 Å². The summed E-state index contributed by atoms with van der Waals surface area (Å²) in [5.41, 5.74) is 2.48. The second kappa shape index (κ2) is 8.40. The monoisotopic (exact) mass is 410 g/mol. The van der Waals surface area contributed by atoms with Crippen molar-refractivity contribution in [2.24, 2.45) is 0 Å². The molecule has 0 saturated heterocycles. The molecule has 0 saturated carbocycles. The van der Waals surface area contributed by atoms with Crippen LogP contribution in [0.2, 0.25) is 0 Å². The van der Waals surface area contributed by atoms with Crippen molar-refractivity contribution < 1.29 is 13.4 Å². The van der Waals surface area contributed by atoms with Gasteiger partial charge in [0.1, 0.15) is 11.6 Å². The van der Waals surface area contributed by atoms with Crippen molar-refractivity contribution in [1.82, 2.24) is 20.3 Å². The topological polar surface area (TPSA) is 88.8 Å². The predicted octanol–water partition coefficient (Wildman–Crippen LogP) is 5.29. The van der Waals surface area contributed by atoms with E-state index in [4.69, 9.17) is 0 Å². The maximum Gasteiger partial charge on any atom is 0.245 e. The Morgan fingerprint density at radius 1 is 0.800 bits per heavy atom. The molecule has 7 nitrogen and oxygen atoms in total. The van der Waals surface area contributed by atoms with E-state index in [2.05, 4.69) is 35.5 Å². The number of anilines is 4. The Labute approximate surface area is 171 Å². The molecule has 0 aliphatic carbocycles. The quantitative estimate of drug-likeness (QED) is 0.428.